The van der Waals surface area contributed by atoms with Crippen molar-refractivity contribution in [3.8, 4) is 5.75 Å². The molecule has 0 aliphatic carbocycles. The Bertz CT molecular complexity index is 485. The minimum atomic E-state index is -0.646. The van der Waals surface area contributed by atoms with Gasteiger partial charge in [0.1, 0.15) is 6.61 Å². The number of ether oxygens (including phenoxy) is 1. The van der Waals surface area contributed by atoms with Gasteiger partial charge < -0.3 is 9.84 Å². The van der Waals surface area contributed by atoms with Crippen LogP contribution in [-0.4, -0.2) is 17.8 Å². The molecule has 0 fully saturated rings. The lowest BCUT2D eigenvalue weighted by Gasteiger charge is -2.12. The molecule has 18 heavy (non-hydrogen) atoms. The molecule has 0 amide bonds. The van der Waals surface area contributed by atoms with E-state index in [1.54, 1.807) is 18.2 Å². The van der Waals surface area contributed by atoms with Crippen molar-refractivity contribution < 1.29 is 14.2 Å². The Balaban J connectivity index is 1.86. The molecule has 3 heteroatoms. The van der Waals surface area contributed by atoms with E-state index in [4.69, 9.17) is 4.74 Å². The van der Waals surface area contributed by atoms with Gasteiger partial charge in [-0.25, -0.2) is 4.39 Å². The predicted molar refractivity (Wildman–Crippen MR) is 68.0 cm³/mol. The van der Waals surface area contributed by atoms with Gasteiger partial charge in [0, 0.05) is 6.42 Å². The van der Waals surface area contributed by atoms with Crippen LogP contribution >= 0.6 is 0 Å². The number of benzene rings is 2. The molecule has 0 radical (unpaired) electrons. The molecule has 2 nitrogen and oxygen atoms in total. The van der Waals surface area contributed by atoms with E-state index >= 15 is 0 Å². The second kappa shape index (κ2) is 6.17. The molecule has 0 saturated heterocycles. The Morgan fingerprint density at radius 1 is 1.00 bits per heavy atom. The maximum Gasteiger partial charge on any atom is 0.165 e. The molecular weight excluding hydrogens is 231 g/mol. The predicted octanol–water partition coefficient (Wildman–Crippen LogP) is 2.81. The van der Waals surface area contributed by atoms with Gasteiger partial charge in [-0.2, -0.15) is 0 Å². The molecule has 0 saturated carbocycles. The maximum absolute atomic E-state index is 13.3. The average Bonchev–Trinajstić information content (AvgIpc) is 2.39. The van der Waals surface area contributed by atoms with Gasteiger partial charge in [-0.3, -0.25) is 0 Å². The molecule has 2 aromatic rings. The first kappa shape index (κ1) is 12.6. The van der Waals surface area contributed by atoms with Gasteiger partial charge in [-0.1, -0.05) is 42.5 Å². The summed E-state index contributed by atoms with van der Waals surface area (Å²) in [5.41, 5.74) is 1.03. The van der Waals surface area contributed by atoms with Crippen LogP contribution in [0.1, 0.15) is 5.56 Å². The summed E-state index contributed by atoms with van der Waals surface area (Å²) < 4.78 is 18.5. The molecule has 0 aliphatic rings. The molecule has 0 heterocycles. The Kier molecular flexibility index (Phi) is 4.31. The third-order valence-electron chi connectivity index (χ3n) is 2.58. The van der Waals surface area contributed by atoms with Crippen LogP contribution in [0.4, 0.5) is 4.39 Å². The molecule has 2 rings (SSSR count). The van der Waals surface area contributed by atoms with E-state index in [9.17, 15) is 9.50 Å². The number of hydrogen-bond donors (Lipinski definition) is 1. The van der Waals surface area contributed by atoms with E-state index in [1.165, 1.54) is 6.07 Å². The highest BCUT2D eigenvalue weighted by Crippen LogP contribution is 2.15. The van der Waals surface area contributed by atoms with Crippen LogP contribution in [0.25, 0.3) is 0 Å². The molecule has 94 valence electrons. The molecule has 0 bridgehead atoms. The van der Waals surface area contributed by atoms with Crippen molar-refractivity contribution in [3.05, 3.63) is 66.0 Å². The van der Waals surface area contributed by atoms with Crippen molar-refractivity contribution in [2.75, 3.05) is 6.61 Å². The fourth-order valence-electron chi connectivity index (χ4n) is 1.69. The summed E-state index contributed by atoms with van der Waals surface area (Å²) in [7, 11) is 0. The number of hydrogen-bond acceptors (Lipinski definition) is 2. The molecular formula is C15H15FO2. The van der Waals surface area contributed by atoms with Gasteiger partial charge in [0.2, 0.25) is 0 Å². The summed E-state index contributed by atoms with van der Waals surface area (Å²) in [5, 5.41) is 9.81. The lowest BCUT2D eigenvalue weighted by molar-refractivity contribution is 0.105. The smallest absolute Gasteiger partial charge is 0.165 e. The van der Waals surface area contributed by atoms with Crippen LogP contribution in [0.2, 0.25) is 0 Å². The van der Waals surface area contributed by atoms with E-state index in [1.807, 2.05) is 30.3 Å². The summed E-state index contributed by atoms with van der Waals surface area (Å²) >= 11 is 0. The van der Waals surface area contributed by atoms with Gasteiger partial charge in [-0.05, 0) is 17.7 Å². The number of rotatable bonds is 5. The highest BCUT2D eigenvalue weighted by molar-refractivity contribution is 5.23. The van der Waals surface area contributed by atoms with Gasteiger partial charge in [-0.15, -0.1) is 0 Å². The van der Waals surface area contributed by atoms with E-state index in [-0.39, 0.29) is 12.4 Å². The van der Waals surface area contributed by atoms with Crippen molar-refractivity contribution in [1.29, 1.82) is 0 Å². The van der Waals surface area contributed by atoms with E-state index in [0.717, 1.165) is 5.56 Å². The zero-order chi connectivity index (χ0) is 12.8. The van der Waals surface area contributed by atoms with Gasteiger partial charge in [0.25, 0.3) is 0 Å². The lowest BCUT2D eigenvalue weighted by Crippen LogP contribution is -2.20. The van der Waals surface area contributed by atoms with Crippen LogP contribution in [0, 0.1) is 5.82 Å². The highest BCUT2D eigenvalue weighted by Gasteiger charge is 2.08. The van der Waals surface area contributed by atoms with Crippen LogP contribution in [0.5, 0.6) is 5.75 Å². The molecule has 1 N–H and O–H groups in total. The summed E-state index contributed by atoms with van der Waals surface area (Å²) in [6, 6.07) is 15.8. The first-order chi connectivity index (χ1) is 8.75. The van der Waals surface area contributed by atoms with Crippen molar-refractivity contribution in [2.24, 2.45) is 0 Å². The van der Waals surface area contributed by atoms with Gasteiger partial charge >= 0.3 is 0 Å². The Hall–Kier alpha value is -1.87. The van der Waals surface area contributed by atoms with Crippen LogP contribution < -0.4 is 4.74 Å². The third kappa shape index (κ3) is 3.57. The van der Waals surface area contributed by atoms with E-state index in [2.05, 4.69) is 0 Å². The summed E-state index contributed by atoms with van der Waals surface area (Å²) in [4.78, 5) is 0. The Morgan fingerprint density at radius 2 is 1.67 bits per heavy atom. The SMILES string of the molecule is OC(COc1ccccc1F)Cc1ccccc1. The molecule has 1 unspecified atom stereocenters. The first-order valence-corrected chi connectivity index (χ1v) is 5.85. The topological polar surface area (TPSA) is 29.5 Å². The number of aliphatic hydroxyl groups excluding tert-OH is 1. The van der Waals surface area contributed by atoms with Gasteiger partial charge in [0.15, 0.2) is 11.6 Å². The highest BCUT2D eigenvalue weighted by atomic mass is 19.1. The van der Waals surface area contributed by atoms with E-state index < -0.39 is 11.9 Å². The molecule has 0 aromatic heterocycles. The Morgan fingerprint density at radius 3 is 2.39 bits per heavy atom. The zero-order valence-electron chi connectivity index (χ0n) is 9.92. The summed E-state index contributed by atoms with van der Waals surface area (Å²) in [6.45, 7) is 0.0792. The maximum atomic E-state index is 13.3. The largest absolute Gasteiger partial charge is 0.488 e. The molecule has 2 aromatic carbocycles. The molecule has 1 atom stereocenters. The van der Waals surface area contributed by atoms with Crippen molar-refractivity contribution in [3.63, 3.8) is 0 Å². The third-order valence-corrected chi connectivity index (χ3v) is 2.58. The fraction of sp³-hybridized carbons (Fsp3) is 0.200. The Labute approximate surface area is 106 Å². The van der Waals surface area contributed by atoms with Crippen molar-refractivity contribution >= 4 is 0 Å². The number of aliphatic hydroxyl groups is 1. The normalized spacial score (nSPS) is 12.1. The fourth-order valence-corrected chi connectivity index (χ4v) is 1.69. The average molecular weight is 246 g/mol. The second-order valence-electron chi connectivity index (χ2n) is 4.08. The monoisotopic (exact) mass is 246 g/mol. The standard InChI is InChI=1S/C15H15FO2/c16-14-8-4-5-9-15(14)18-11-13(17)10-12-6-2-1-3-7-12/h1-9,13,17H,10-11H2. The minimum absolute atomic E-state index is 0.0792. The molecule has 0 aliphatic heterocycles. The lowest BCUT2D eigenvalue weighted by atomic mass is 10.1. The first-order valence-electron chi connectivity index (χ1n) is 5.85. The molecule has 0 spiro atoms. The minimum Gasteiger partial charge on any atom is -0.488 e. The zero-order valence-corrected chi connectivity index (χ0v) is 9.92. The number of halogens is 1. The van der Waals surface area contributed by atoms with Gasteiger partial charge in [0.05, 0.1) is 6.10 Å². The second-order valence-corrected chi connectivity index (χ2v) is 4.08. The van der Waals surface area contributed by atoms with E-state index in [0.29, 0.717) is 6.42 Å². The quantitative estimate of drug-likeness (QED) is 0.879. The van der Waals surface area contributed by atoms with Crippen molar-refractivity contribution in [1.82, 2.24) is 0 Å². The van der Waals surface area contributed by atoms with Crippen LogP contribution in [0.15, 0.2) is 54.6 Å². The van der Waals surface area contributed by atoms with Crippen LogP contribution in [-0.2, 0) is 6.42 Å². The number of para-hydroxylation sites is 1. The van der Waals surface area contributed by atoms with Crippen LogP contribution in [0.3, 0.4) is 0 Å². The summed E-state index contributed by atoms with van der Waals surface area (Å²) in [6.07, 6.45) is -0.151. The van der Waals surface area contributed by atoms with Crippen molar-refractivity contribution in [2.45, 2.75) is 12.5 Å². The summed E-state index contributed by atoms with van der Waals surface area (Å²) in [5.74, 6) is -0.242.